The van der Waals surface area contributed by atoms with Crippen molar-refractivity contribution >= 4 is 0 Å². The van der Waals surface area contributed by atoms with Crippen LogP contribution in [0.2, 0.25) is 0 Å². The number of aliphatic hydroxyl groups is 1. The number of benzene rings is 2. The molecule has 0 radical (unpaired) electrons. The number of hydrogen-bond donors (Lipinski definition) is 2. The summed E-state index contributed by atoms with van der Waals surface area (Å²) in [6.07, 6.45) is 6.89. The van der Waals surface area contributed by atoms with Crippen LogP contribution in [0.1, 0.15) is 47.9 Å². The van der Waals surface area contributed by atoms with E-state index in [1.165, 1.54) is 49.0 Å². The van der Waals surface area contributed by atoms with Gasteiger partial charge in [0.1, 0.15) is 0 Å². The van der Waals surface area contributed by atoms with Crippen LogP contribution in [-0.2, 0) is 19.4 Å². The van der Waals surface area contributed by atoms with Crippen LogP contribution in [0.5, 0.6) is 0 Å². The molecule has 0 aromatic heterocycles. The zero-order chi connectivity index (χ0) is 19.9. The van der Waals surface area contributed by atoms with E-state index in [0.717, 1.165) is 31.5 Å². The average molecular weight is 389 g/mol. The molecule has 1 aliphatic carbocycles. The van der Waals surface area contributed by atoms with Crippen molar-refractivity contribution in [3.8, 4) is 11.8 Å². The second-order valence-electron chi connectivity index (χ2n) is 8.47. The van der Waals surface area contributed by atoms with Gasteiger partial charge in [-0.3, -0.25) is 4.90 Å². The second-order valence-corrected chi connectivity index (χ2v) is 8.47. The van der Waals surface area contributed by atoms with Crippen LogP contribution in [0.4, 0.5) is 0 Å². The molecule has 29 heavy (non-hydrogen) atoms. The third-order valence-corrected chi connectivity index (χ3v) is 6.39. The number of likely N-dealkylation sites (tertiary alicyclic amines) is 1. The molecule has 0 bridgehead atoms. The molecule has 3 heteroatoms. The number of nitrogens with one attached hydrogen (secondary N) is 1. The molecule has 0 amide bonds. The lowest BCUT2D eigenvalue weighted by Crippen LogP contribution is -2.57. The molecule has 2 aromatic carbocycles. The number of fused-ring (bicyclic) bond motifs is 1. The van der Waals surface area contributed by atoms with Crippen LogP contribution < -0.4 is 5.32 Å². The molecule has 4 rings (SSSR count). The molecule has 152 valence electrons. The van der Waals surface area contributed by atoms with Gasteiger partial charge >= 0.3 is 0 Å². The molecule has 0 saturated carbocycles. The second kappa shape index (κ2) is 9.59. The minimum atomic E-state index is 0.123. The van der Waals surface area contributed by atoms with Crippen molar-refractivity contribution in [1.29, 1.82) is 0 Å². The van der Waals surface area contributed by atoms with Crippen LogP contribution in [-0.4, -0.2) is 41.8 Å². The van der Waals surface area contributed by atoms with E-state index in [-0.39, 0.29) is 12.1 Å². The van der Waals surface area contributed by atoms with Crippen molar-refractivity contribution < 1.29 is 5.11 Å². The molecule has 0 unspecified atom stereocenters. The Morgan fingerprint density at radius 3 is 2.28 bits per heavy atom. The SMILES string of the molecule is OCCC#Cc1ccc(CNCC2(N3CCCCC3)Cc3ccccc3C2)cc1. The largest absolute Gasteiger partial charge is 0.395 e. The predicted octanol–water partition coefficient (Wildman–Crippen LogP) is 3.53. The van der Waals surface area contributed by atoms with Gasteiger partial charge in [0.25, 0.3) is 0 Å². The van der Waals surface area contributed by atoms with E-state index in [0.29, 0.717) is 6.42 Å². The van der Waals surface area contributed by atoms with E-state index in [1.807, 2.05) is 0 Å². The minimum Gasteiger partial charge on any atom is -0.395 e. The van der Waals surface area contributed by atoms with Crippen LogP contribution in [0.3, 0.4) is 0 Å². The lowest BCUT2D eigenvalue weighted by atomic mass is 9.90. The molecule has 1 aliphatic heterocycles. The first kappa shape index (κ1) is 20.2. The lowest BCUT2D eigenvalue weighted by Gasteiger charge is -2.44. The Labute approximate surface area is 175 Å². The molecular formula is C26H32N2O. The fraction of sp³-hybridized carbons (Fsp3) is 0.462. The lowest BCUT2D eigenvalue weighted by molar-refractivity contribution is 0.0724. The van der Waals surface area contributed by atoms with E-state index in [9.17, 15) is 0 Å². The van der Waals surface area contributed by atoms with Gasteiger partial charge < -0.3 is 10.4 Å². The van der Waals surface area contributed by atoms with Gasteiger partial charge in [0.2, 0.25) is 0 Å². The summed E-state index contributed by atoms with van der Waals surface area (Å²) in [7, 11) is 0. The molecule has 1 saturated heterocycles. The van der Waals surface area contributed by atoms with E-state index in [1.54, 1.807) is 0 Å². The van der Waals surface area contributed by atoms with Crippen LogP contribution in [0.25, 0.3) is 0 Å². The Balaban J connectivity index is 1.40. The highest BCUT2D eigenvalue weighted by atomic mass is 16.2. The molecule has 1 heterocycles. The van der Waals surface area contributed by atoms with Gasteiger partial charge in [-0.25, -0.2) is 0 Å². The normalized spacial score (nSPS) is 18.1. The monoisotopic (exact) mass is 388 g/mol. The summed E-state index contributed by atoms with van der Waals surface area (Å²) in [6, 6.07) is 17.5. The van der Waals surface area contributed by atoms with Gasteiger partial charge in [-0.05, 0) is 67.6 Å². The fourth-order valence-corrected chi connectivity index (χ4v) is 4.87. The standard InChI is InChI=1S/C26H32N2O/c29-17-7-4-8-22-11-13-23(14-12-22)20-27-21-26(28-15-5-1-6-16-28)18-24-9-2-3-10-25(24)19-26/h2-3,9-14,27,29H,1,5-7,15-21H2. The van der Waals surface area contributed by atoms with Crippen molar-refractivity contribution in [3.05, 3.63) is 70.8 Å². The highest BCUT2D eigenvalue weighted by molar-refractivity contribution is 5.38. The van der Waals surface area contributed by atoms with Gasteiger partial charge in [-0.1, -0.05) is 54.7 Å². The number of nitrogens with zero attached hydrogens (tertiary/aromatic N) is 1. The van der Waals surface area contributed by atoms with E-state index in [2.05, 4.69) is 70.6 Å². The van der Waals surface area contributed by atoms with Crippen molar-refractivity contribution in [2.75, 3.05) is 26.2 Å². The Morgan fingerprint density at radius 2 is 1.62 bits per heavy atom. The molecule has 0 atom stereocenters. The quantitative estimate of drug-likeness (QED) is 0.743. The van der Waals surface area contributed by atoms with Gasteiger partial charge in [-0.2, -0.15) is 0 Å². The summed E-state index contributed by atoms with van der Waals surface area (Å²) in [5.74, 6) is 6.08. The Bertz CT molecular complexity index is 831. The van der Waals surface area contributed by atoms with E-state index >= 15 is 0 Å². The number of rotatable bonds is 6. The molecule has 0 spiro atoms. The fourth-order valence-electron chi connectivity index (χ4n) is 4.87. The number of aliphatic hydroxyl groups excluding tert-OH is 1. The molecule has 2 aromatic rings. The smallest absolute Gasteiger partial charge is 0.0540 e. The summed E-state index contributed by atoms with van der Waals surface area (Å²) in [5.41, 5.74) is 5.59. The summed E-state index contributed by atoms with van der Waals surface area (Å²) in [6.45, 7) is 4.50. The third-order valence-electron chi connectivity index (χ3n) is 6.39. The summed E-state index contributed by atoms with van der Waals surface area (Å²) < 4.78 is 0. The van der Waals surface area contributed by atoms with Crippen LogP contribution in [0.15, 0.2) is 48.5 Å². The first-order valence-electron chi connectivity index (χ1n) is 11.0. The van der Waals surface area contributed by atoms with Crippen LogP contribution in [0, 0.1) is 11.8 Å². The zero-order valence-corrected chi connectivity index (χ0v) is 17.3. The molecule has 2 N–H and O–H groups in total. The van der Waals surface area contributed by atoms with Crippen molar-refractivity contribution in [3.63, 3.8) is 0 Å². The Kier molecular flexibility index (Phi) is 6.67. The average Bonchev–Trinajstić information content (AvgIpc) is 3.15. The Morgan fingerprint density at radius 1 is 0.931 bits per heavy atom. The van der Waals surface area contributed by atoms with Crippen LogP contribution >= 0.6 is 0 Å². The molecule has 2 aliphatic rings. The maximum absolute atomic E-state index is 8.83. The highest BCUT2D eigenvalue weighted by Gasteiger charge is 2.41. The maximum Gasteiger partial charge on any atom is 0.0540 e. The molecule has 1 fully saturated rings. The first-order valence-corrected chi connectivity index (χ1v) is 11.0. The molecule has 3 nitrogen and oxygen atoms in total. The van der Waals surface area contributed by atoms with Gasteiger partial charge in [0.15, 0.2) is 0 Å². The highest BCUT2D eigenvalue weighted by Crippen LogP contribution is 2.36. The summed E-state index contributed by atoms with van der Waals surface area (Å²) in [5, 5.41) is 12.6. The van der Waals surface area contributed by atoms with Gasteiger partial charge in [-0.15, -0.1) is 0 Å². The van der Waals surface area contributed by atoms with Gasteiger partial charge in [0.05, 0.1) is 6.61 Å². The maximum atomic E-state index is 8.83. The summed E-state index contributed by atoms with van der Waals surface area (Å²) >= 11 is 0. The number of piperidine rings is 1. The third kappa shape index (κ3) is 4.90. The van der Waals surface area contributed by atoms with E-state index in [4.69, 9.17) is 5.11 Å². The van der Waals surface area contributed by atoms with Crippen molar-refractivity contribution in [2.45, 2.75) is 50.6 Å². The number of hydrogen-bond acceptors (Lipinski definition) is 3. The topological polar surface area (TPSA) is 35.5 Å². The Hall–Kier alpha value is -2.12. The summed E-state index contributed by atoms with van der Waals surface area (Å²) in [4.78, 5) is 2.77. The predicted molar refractivity (Wildman–Crippen MR) is 119 cm³/mol. The minimum absolute atomic E-state index is 0.123. The van der Waals surface area contributed by atoms with Gasteiger partial charge in [0, 0.05) is 30.6 Å². The van der Waals surface area contributed by atoms with E-state index < -0.39 is 0 Å². The first-order chi connectivity index (χ1) is 14.3. The zero-order valence-electron chi connectivity index (χ0n) is 17.3. The molecular weight excluding hydrogens is 356 g/mol. The van der Waals surface area contributed by atoms with Crippen molar-refractivity contribution in [1.82, 2.24) is 10.2 Å². The van der Waals surface area contributed by atoms with Crippen molar-refractivity contribution in [2.24, 2.45) is 0 Å².